The number of aryl methyl sites for hydroxylation is 2. The van der Waals surface area contributed by atoms with Gasteiger partial charge in [-0.15, -0.1) is 0 Å². The van der Waals surface area contributed by atoms with E-state index in [9.17, 15) is 9.59 Å². The lowest BCUT2D eigenvalue weighted by atomic mass is 9.82. The van der Waals surface area contributed by atoms with Crippen molar-refractivity contribution in [2.75, 3.05) is 13.7 Å². The zero-order valence-corrected chi connectivity index (χ0v) is 18.0. The van der Waals surface area contributed by atoms with Crippen LogP contribution in [0.4, 0.5) is 0 Å². The SMILES string of the molecule is CCOC(=O)C1=C(N)Oc2c(c(=O)n3c4c(cccc24)CCC3)C1c1ccccc1OC. The Morgan fingerprint density at radius 1 is 1.22 bits per heavy atom. The topological polar surface area (TPSA) is 92.8 Å². The molecule has 1 unspecified atom stereocenters. The summed E-state index contributed by atoms with van der Waals surface area (Å²) >= 11 is 0. The van der Waals surface area contributed by atoms with Crippen LogP contribution in [-0.2, 0) is 22.5 Å². The van der Waals surface area contributed by atoms with Gasteiger partial charge in [-0.2, -0.15) is 0 Å². The molecular formula is C25H24N2O5. The minimum Gasteiger partial charge on any atom is -0.496 e. The first-order valence-corrected chi connectivity index (χ1v) is 10.7. The normalized spacial score (nSPS) is 17.0. The Morgan fingerprint density at radius 3 is 2.81 bits per heavy atom. The maximum absolute atomic E-state index is 13.9. The van der Waals surface area contributed by atoms with Crippen LogP contribution in [0, 0.1) is 0 Å². The van der Waals surface area contributed by atoms with Crippen molar-refractivity contribution < 1.29 is 19.0 Å². The second-order valence-electron chi connectivity index (χ2n) is 7.89. The molecule has 3 heterocycles. The highest BCUT2D eigenvalue weighted by molar-refractivity contribution is 5.96. The van der Waals surface area contributed by atoms with E-state index in [2.05, 4.69) is 0 Å². The number of esters is 1. The molecule has 3 aromatic rings. The quantitative estimate of drug-likeness (QED) is 0.637. The number of hydrogen-bond acceptors (Lipinski definition) is 6. The first kappa shape index (κ1) is 20.2. The molecule has 2 aliphatic heterocycles. The van der Waals surface area contributed by atoms with Crippen molar-refractivity contribution in [2.45, 2.75) is 32.2 Å². The molecule has 0 bridgehead atoms. The smallest absolute Gasteiger partial charge is 0.340 e. The molecule has 7 nitrogen and oxygen atoms in total. The largest absolute Gasteiger partial charge is 0.496 e. The number of carbonyl (C=O) groups excluding carboxylic acids is 1. The van der Waals surface area contributed by atoms with Crippen LogP contribution < -0.4 is 20.8 Å². The molecule has 7 heteroatoms. The lowest BCUT2D eigenvalue weighted by molar-refractivity contribution is -0.139. The van der Waals surface area contributed by atoms with Crippen LogP contribution in [0.1, 0.15) is 36.0 Å². The summed E-state index contributed by atoms with van der Waals surface area (Å²) < 4.78 is 18.7. The van der Waals surface area contributed by atoms with Crippen molar-refractivity contribution in [1.29, 1.82) is 0 Å². The summed E-state index contributed by atoms with van der Waals surface area (Å²) in [4.78, 5) is 26.9. The van der Waals surface area contributed by atoms with Crippen molar-refractivity contribution in [1.82, 2.24) is 4.57 Å². The van der Waals surface area contributed by atoms with Crippen molar-refractivity contribution in [3.8, 4) is 11.5 Å². The molecule has 2 aliphatic rings. The fourth-order valence-electron chi connectivity index (χ4n) is 4.88. The summed E-state index contributed by atoms with van der Waals surface area (Å²) in [5.41, 5.74) is 9.23. The first-order chi connectivity index (χ1) is 15.6. The van der Waals surface area contributed by atoms with E-state index in [0.29, 0.717) is 29.2 Å². The number of hydrogen-bond donors (Lipinski definition) is 1. The van der Waals surface area contributed by atoms with Crippen molar-refractivity contribution in [3.05, 3.63) is 81.0 Å². The van der Waals surface area contributed by atoms with Gasteiger partial charge in [0.25, 0.3) is 5.56 Å². The Kier molecular flexibility index (Phi) is 4.89. The number of methoxy groups -OCH3 is 1. The molecule has 0 saturated heterocycles. The standard InChI is InChI=1S/C25H24N2O5/c1-3-31-25(29)20-18(15-10-4-5-12-17(15)30-2)19-22(32-23(20)26)16-11-6-8-14-9-7-13-27(21(14)16)24(19)28/h4-6,8,10-12,18H,3,7,9,13,26H2,1-2H3. The monoisotopic (exact) mass is 432 g/mol. The van der Waals surface area contributed by atoms with Gasteiger partial charge in [-0.05, 0) is 37.5 Å². The molecule has 0 radical (unpaired) electrons. The van der Waals surface area contributed by atoms with Crippen molar-refractivity contribution in [2.24, 2.45) is 5.73 Å². The van der Waals surface area contributed by atoms with Crippen LogP contribution in [0.2, 0.25) is 0 Å². The van der Waals surface area contributed by atoms with E-state index in [1.165, 1.54) is 0 Å². The Balaban J connectivity index is 1.89. The predicted octanol–water partition coefficient (Wildman–Crippen LogP) is 3.21. The van der Waals surface area contributed by atoms with Gasteiger partial charge in [-0.25, -0.2) is 4.79 Å². The van der Waals surface area contributed by atoms with E-state index in [1.54, 1.807) is 24.7 Å². The first-order valence-electron chi connectivity index (χ1n) is 10.7. The number of rotatable bonds is 4. The van der Waals surface area contributed by atoms with Crippen molar-refractivity contribution >= 4 is 16.9 Å². The van der Waals surface area contributed by atoms with E-state index >= 15 is 0 Å². The highest BCUT2D eigenvalue weighted by Crippen LogP contribution is 2.47. The number of fused-ring (bicyclic) bond motifs is 2. The third-order valence-corrected chi connectivity index (χ3v) is 6.18. The maximum atomic E-state index is 13.9. The number of pyridine rings is 1. The molecular weight excluding hydrogens is 408 g/mol. The Labute approximate surface area is 185 Å². The fraction of sp³-hybridized carbons (Fsp3) is 0.280. The summed E-state index contributed by atoms with van der Waals surface area (Å²) in [7, 11) is 1.56. The lowest BCUT2D eigenvalue weighted by Crippen LogP contribution is -2.36. The number of nitrogens with zero attached hydrogens (tertiary/aromatic N) is 1. The molecule has 2 aromatic carbocycles. The maximum Gasteiger partial charge on any atom is 0.340 e. The molecule has 0 amide bonds. The lowest BCUT2D eigenvalue weighted by Gasteiger charge is -2.31. The minimum absolute atomic E-state index is 0.0623. The third-order valence-electron chi connectivity index (χ3n) is 6.18. The van der Waals surface area contributed by atoms with E-state index in [4.69, 9.17) is 19.9 Å². The average molecular weight is 432 g/mol. The van der Waals surface area contributed by atoms with Gasteiger partial charge >= 0.3 is 5.97 Å². The number of ether oxygens (including phenoxy) is 3. The van der Waals surface area contributed by atoms with Gasteiger partial charge in [0.05, 0.1) is 30.7 Å². The van der Waals surface area contributed by atoms with Crippen LogP contribution in [-0.4, -0.2) is 24.3 Å². The predicted molar refractivity (Wildman–Crippen MR) is 120 cm³/mol. The van der Waals surface area contributed by atoms with Crippen molar-refractivity contribution in [3.63, 3.8) is 0 Å². The summed E-state index contributed by atoms with van der Waals surface area (Å²) in [6, 6.07) is 13.2. The van der Waals surface area contributed by atoms with Gasteiger partial charge in [0.1, 0.15) is 17.1 Å². The third kappa shape index (κ3) is 2.88. The van der Waals surface area contributed by atoms with Gasteiger partial charge < -0.3 is 24.5 Å². The van der Waals surface area contributed by atoms with E-state index < -0.39 is 11.9 Å². The van der Waals surface area contributed by atoms with Gasteiger partial charge in [-0.3, -0.25) is 4.79 Å². The van der Waals surface area contributed by atoms with Crippen LogP contribution in [0.3, 0.4) is 0 Å². The van der Waals surface area contributed by atoms with E-state index in [-0.39, 0.29) is 23.6 Å². The zero-order valence-electron chi connectivity index (χ0n) is 18.0. The molecule has 0 spiro atoms. The van der Waals surface area contributed by atoms with Crippen LogP contribution in [0.25, 0.3) is 10.9 Å². The second kappa shape index (κ2) is 7.75. The zero-order chi connectivity index (χ0) is 22.4. The second-order valence-corrected chi connectivity index (χ2v) is 7.89. The molecule has 1 atom stereocenters. The van der Waals surface area contributed by atoms with Gasteiger partial charge in [0.2, 0.25) is 5.88 Å². The highest BCUT2D eigenvalue weighted by atomic mass is 16.5. The Hall–Kier alpha value is -3.74. The molecule has 164 valence electrons. The summed E-state index contributed by atoms with van der Waals surface area (Å²) in [6.45, 7) is 2.50. The molecule has 5 rings (SSSR count). The fourth-order valence-corrected chi connectivity index (χ4v) is 4.88. The number of aromatic nitrogens is 1. The molecule has 1 aromatic heterocycles. The van der Waals surface area contributed by atoms with E-state index in [1.807, 2.05) is 36.4 Å². The summed E-state index contributed by atoms with van der Waals surface area (Å²) in [6.07, 6.45) is 1.76. The number of nitrogens with two attached hydrogens (primary N) is 1. The summed E-state index contributed by atoms with van der Waals surface area (Å²) in [5.74, 6) is -0.510. The molecule has 0 fully saturated rings. The minimum atomic E-state index is -0.778. The van der Waals surface area contributed by atoms with Gasteiger partial charge in [0.15, 0.2) is 0 Å². The van der Waals surface area contributed by atoms with Crippen LogP contribution in [0.5, 0.6) is 11.5 Å². The molecule has 2 N–H and O–H groups in total. The Morgan fingerprint density at radius 2 is 2.03 bits per heavy atom. The summed E-state index contributed by atoms with van der Waals surface area (Å²) in [5, 5.41) is 0.808. The number of carbonyl (C=O) groups is 1. The van der Waals surface area contributed by atoms with Gasteiger partial charge in [-0.1, -0.05) is 30.3 Å². The molecule has 0 saturated carbocycles. The van der Waals surface area contributed by atoms with Crippen LogP contribution in [0.15, 0.2) is 58.7 Å². The Bertz CT molecular complexity index is 1340. The van der Waals surface area contributed by atoms with Gasteiger partial charge in [0, 0.05) is 17.5 Å². The molecule has 32 heavy (non-hydrogen) atoms. The highest BCUT2D eigenvalue weighted by Gasteiger charge is 2.40. The van der Waals surface area contributed by atoms with E-state index in [0.717, 1.165) is 29.3 Å². The molecule has 0 aliphatic carbocycles. The number of benzene rings is 2. The van der Waals surface area contributed by atoms with Crippen LogP contribution >= 0.6 is 0 Å². The number of para-hydroxylation sites is 2. The average Bonchev–Trinajstić information content (AvgIpc) is 2.81.